The van der Waals surface area contributed by atoms with Crippen LogP contribution in [0, 0.1) is 11.3 Å². The van der Waals surface area contributed by atoms with Crippen molar-refractivity contribution in [3.63, 3.8) is 0 Å². The van der Waals surface area contributed by atoms with Crippen molar-refractivity contribution >= 4 is 23.6 Å². The van der Waals surface area contributed by atoms with Crippen LogP contribution in [0.4, 0.5) is 16.4 Å². The average molecular weight is 380 g/mol. The summed E-state index contributed by atoms with van der Waals surface area (Å²) in [7, 11) is 0. The number of carbonyl (C=O) groups is 2. The Balaban J connectivity index is 1.66. The zero-order valence-electron chi connectivity index (χ0n) is 15.5. The molecule has 1 aromatic carbocycles. The van der Waals surface area contributed by atoms with Crippen LogP contribution in [0.1, 0.15) is 23.0 Å². The van der Waals surface area contributed by atoms with Gasteiger partial charge in [0.1, 0.15) is 11.8 Å². The van der Waals surface area contributed by atoms with Gasteiger partial charge in [-0.1, -0.05) is 12.1 Å². The first kappa shape index (κ1) is 19.1. The second-order valence-electron chi connectivity index (χ2n) is 6.03. The van der Waals surface area contributed by atoms with Gasteiger partial charge in [0.25, 0.3) is 5.91 Å². The maximum atomic E-state index is 12.8. The smallest absolute Gasteiger partial charge is 0.409 e. The summed E-state index contributed by atoms with van der Waals surface area (Å²) in [6.45, 7) is 3.72. The molecule has 1 aliphatic heterocycles. The summed E-state index contributed by atoms with van der Waals surface area (Å²) in [5.74, 6) is 0.00115. The molecule has 1 fully saturated rings. The van der Waals surface area contributed by atoms with Crippen LogP contribution in [0.2, 0.25) is 0 Å². The number of piperazine rings is 1. The number of nitriles is 1. The van der Waals surface area contributed by atoms with Crippen LogP contribution in [0.15, 0.2) is 36.5 Å². The third kappa shape index (κ3) is 4.35. The van der Waals surface area contributed by atoms with Gasteiger partial charge in [-0.3, -0.25) is 4.79 Å². The molecule has 0 spiro atoms. The molecule has 0 aliphatic carbocycles. The van der Waals surface area contributed by atoms with Gasteiger partial charge in [-0.25, -0.2) is 14.8 Å². The van der Waals surface area contributed by atoms with Gasteiger partial charge in [-0.05, 0) is 25.1 Å². The zero-order chi connectivity index (χ0) is 19.9. The Bertz CT molecular complexity index is 903. The SMILES string of the molecule is CCOC(=O)N1CCN(C(=O)c2ccnc(Nc3ccccc3C#N)n2)CC1. The lowest BCUT2D eigenvalue weighted by molar-refractivity contribution is 0.0566. The maximum absolute atomic E-state index is 12.8. The Morgan fingerprint density at radius 3 is 2.61 bits per heavy atom. The highest BCUT2D eigenvalue weighted by Crippen LogP contribution is 2.18. The highest BCUT2D eigenvalue weighted by Gasteiger charge is 2.26. The van der Waals surface area contributed by atoms with E-state index >= 15 is 0 Å². The molecule has 9 heteroatoms. The van der Waals surface area contributed by atoms with E-state index in [1.807, 2.05) is 0 Å². The van der Waals surface area contributed by atoms with Gasteiger partial charge in [0.05, 0.1) is 17.9 Å². The molecule has 0 atom stereocenters. The normalized spacial score (nSPS) is 13.6. The Kier molecular flexibility index (Phi) is 6.01. The van der Waals surface area contributed by atoms with E-state index in [1.54, 1.807) is 47.1 Å². The highest BCUT2D eigenvalue weighted by molar-refractivity contribution is 5.92. The molecule has 1 saturated heterocycles. The topological polar surface area (TPSA) is 111 Å². The van der Waals surface area contributed by atoms with Crippen molar-refractivity contribution in [3.8, 4) is 6.07 Å². The van der Waals surface area contributed by atoms with Crippen molar-refractivity contribution in [1.29, 1.82) is 5.26 Å². The molecule has 2 aromatic rings. The van der Waals surface area contributed by atoms with Crippen LogP contribution < -0.4 is 5.32 Å². The standard InChI is InChI=1S/C19H20N6O3/c1-2-28-19(27)25-11-9-24(10-12-25)17(26)16-7-8-21-18(23-16)22-15-6-4-3-5-14(15)13-20/h3-8H,2,9-12H2,1H3,(H,21,22,23). The summed E-state index contributed by atoms with van der Waals surface area (Å²) >= 11 is 0. The van der Waals surface area contributed by atoms with Gasteiger partial charge in [-0.2, -0.15) is 5.26 Å². The fourth-order valence-corrected chi connectivity index (χ4v) is 2.82. The van der Waals surface area contributed by atoms with E-state index in [2.05, 4.69) is 21.4 Å². The van der Waals surface area contributed by atoms with Crippen LogP contribution in [-0.4, -0.2) is 64.6 Å². The lowest BCUT2D eigenvalue weighted by atomic mass is 10.2. The number of ether oxygens (including phenoxy) is 1. The van der Waals surface area contributed by atoms with E-state index < -0.39 is 0 Å². The molecule has 1 aromatic heterocycles. The van der Waals surface area contributed by atoms with E-state index in [9.17, 15) is 14.9 Å². The predicted molar refractivity (Wildman–Crippen MR) is 101 cm³/mol. The number of anilines is 2. The second-order valence-corrected chi connectivity index (χ2v) is 6.03. The monoisotopic (exact) mass is 380 g/mol. The molecule has 2 heterocycles. The number of para-hydroxylation sites is 1. The summed E-state index contributed by atoms with van der Waals surface area (Å²) in [5.41, 5.74) is 1.27. The number of carbonyl (C=O) groups excluding carboxylic acids is 2. The Labute approximate surface area is 162 Å². The summed E-state index contributed by atoms with van der Waals surface area (Å²) in [5, 5.41) is 12.1. The first-order valence-electron chi connectivity index (χ1n) is 8.92. The van der Waals surface area contributed by atoms with Crippen LogP contribution in [0.25, 0.3) is 0 Å². The molecule has 0 bridgehead atoms. The van der Waals surface area contributed by atoms with Gasteiger partial charge in [0.15, 0.2) is 0 Å². The molecule has 144 valence electrons. The molecular weight excluding hydrogens is 360 g/mol. The van der Waals surface area contributed by atoms with E-state index in [4.69, 9.17) is 4.74 Å². The van der Waals surface area contributed by atoms with Gasteiger partial charge >= 0.3 is 6.09 Å². The molecule has 9 nitrogen and oxygen atoms in total. The van der Waals surface area contributed by atoms with Gasteiger partial charge < -0.3 is 19.9 Å². The minimum atomic E-state index is -0.362. The van der Waals surface area contributed by atoms with E-state index in [0.29, 0.717) is 44.0 Å². The van der Waals surface area contributed by atoms with Crippen LogP contribution in [0.3, 0.4) is 0 Å². The molecule has 2 amide bonds. The van der Waals surface area contributed by atoms with Crippen LogP contribution in [-0.2, 0) is 4.74 Å². The van der Waals surface area contributed by atoms with Crippen molar-refractivity contribution in [1.82, 2.24) is 19.8 Å². The zero-order valence-corrected chi connectivity index (χ0v) is 15.5. The lowest BCUT2D eigenvalue weighted by Gasteiger charge is -2.33. The first-order valence-corrected chi connectivity index (χ1v) is 8.92. The number of hydrogen-bond acceptors (Lipinski definition) is 7. The first-order chi connectivity index (χ1) is 13.6. The molecular formula is C19H20N6O3. The van der Waals surface area contributed by atoms with E-state index in [-0.39, 0.29) is 23.6 Å². The molecule has 28 heavy (non-hydrogen) atoms. The molecule has 0 radical (unpaired) electrons. The second kappa shape index (κ2) is 8.81. The summed E-state index contributed by atoms with van der Waals surface area (Å²) in [4.78, 5) is 36.1. The Morgan fingerprint density at radius 1 is 1.18 bits per heavy atom. The van der Waals surface area contributed by atoms with E-state index in [0.717, 1.165) is 0 Å². The number of nitrogens with zero attached hydrogens (tertiary/aromatic N) is 5. The van der Waals surface area contributed by atoms with Crippen molar-refractivity contribution in [3.05, 3.63) is 47.8 Å². The fourth-order valence-electron chi connectivity index (χ4n) is 2.82. The van der Waals surface area contributed by atoms with Crippen molar-refractivity contribution in [2.75, 3.05) is 38.1 Å². The van der Waals surface area contributed by atoms with E-state index in [1.165, 1.54) is 6.20 Å². The fraction of sp³-hybridized carbons (Fsp3) is 0.316. The molecule has 0 unspecified atom stereocenters. The van der Waals surface area contributed by atoms with Gasteiger partial charge in [0, 0.05) is 32.4 Å². The third-order valence-corrected chi connectivity index (χ3v) is 4.26. The number of nitrogens with one attached hydrogen (secondary N) is 1. The number of rotatable bonds is 4. The minimum absolute atomic E-state index is 0.234. The summed E-state index contributed by atoms with van der Waals surface area (Å²) < 4.78 is 4.98. The molecule has 3 rings (SSSR count). The quantitative estimate of drug-likeness (QED) is 0.863. The Morgan fingerprint density at radius 2 is 1.89 bits per heavy atom. The maximum Gasteiger partial charge on any atom is 0.409 e. The molecule has 1 N–H and O–H groups in total. The minimum Gasteiger partial charge on any atom is -0.450 e. The average Bonchev–Trinajstić information content (AvgIpc) is 2.74. The van der Waals surface area contributed by atoms with Crippen LogP contribution >= 0.6 is 0 Å². The number of benzene rings is 1. The summed E-state index contributed by atoms with van der Waals surface area (Å²) in [6, 6.07) is 10.6. The van der Waals surface area contributed by atoms with Crippen molar-refractivity contribution in [2.24, 2.45) is 0 Å². The number of amides is 2. The number of hydrogen-bond donors (Lipinski definition) is 1. The van der Waals surface area contributed by atoms with Crippen molar-refractivity contribution in [2.45, 2.75) is 6.92 Å². The van der Waals surface area contributed by atoms with Gasteiger partial charge in [-0.15, -0.1) is 0 Å². The third-order valence-electron chi connectivity index (χ3n) is 4.26. The summed E-state index contributed by atoms with van der Waals surface area (Å²) in [6.07, 6.45) is 1.13. The van der Waals surface area contributed by atoms with Crippen molar-refractivity contribution < 1.29 is 14.3 Å². The Hall–Kier alpha value is -3.67. The predicted octanol–water partition coefficient (Wildman–Crippen LogP) is 2.01. The lowest BCUT2D eigenvalue weighted by Crippen LogP contribution is -2.50. The highest BCUT2D eigenvalue weighted by atomic mass is 16.6. The largest absolute Gasteiger partial charge is 0.450 e. The molecule has 0 saturated carbocycles. The van der Waals surface area contributed by atoms with Gasteiger partial charge in [0.2, 0.25) is 5.95 Å². The molecule has 1 aliphatic rings. The van der Waals surface area contributed by atoms with Crippen LogP contribution in [0.5, 0.6) is 0 Å². The number of aromatic nitrogens is 2.